The van der Waals surface area contributed by atoms with Crippen molar-refractivity contribution in [3.05, 3.63) is 6.04 Å². The van der Waals surface area contributed by atoms with Crippen LogP contribution in [0.5, 0.6) is 0 Å². The molecule has 0 atom stereocenters. The van der Waals surface area contributed by atoms with Crippen LogP contribution in [0.15, 0.2) is 5.11 Å². The second-order valence-corrected chi connectivity index (χ2v) is 11.0. The van der Waals surface area contributed by atoms with Crippen LogP contribution >= 0.6 is 0 Å². The third-order valence-electron chi connectivity index (χ3n) is 5.08. The Morgan fingerprint density at radius 1 is 0.750 bits per heavy atom. The summed E-state index contributed by atoms with van der Waals surface area (Å²) in [5.74, 6) is 0. The van der Waals surface area contributed by atoms with Gasteiger partial charge in [-0.2, -0.15) is 5.11 Å². The first-order valence-electron chi connectivity index (χ1n) is 12.3. The highest BCUT2D eigenvalue weighted by Crippen LogP contribution is 2.21. The van der Waals surface area contributed by atoms with Crippen molar-refractivity contribution in [1.82, 2.24) is 10.2 Å². The normalized spacial score (nSPS) is 12.8. The van der Waals surface area contributed by atoms with Crippen molar-refractivity contribution >= 4 is 0 Å². The Morgan fingerprint density at radius 3 is 2.00 bits per heavy atom. The molecule has 0 aliphatic rings. The molecule has 0 aromatic heterocycles. The van der Waals surface area contributed by atoms with Crippen LogP contribution in [0.25, 0.3) is 0 Å². The van der Waals surface area contributed by atoms with E-state index in [1.54, 1.807) is 0 Å². The van der Waals surface area contributed by atoms with Crippen LogP contribution < -0.4 is 5.32 Å². The Labute approximate surface area is 198 Å². The molecule has 7 nitrogen and oxygen atoms in total. The van der Waals surface area contributed by atoms with Gasteiger partial charge in [0.15, 0.2) is 0 Å². The third-order valence-corrected chi connectivity index (χ3v) is 5.08. The molecule has 0 aliphatic heterocycles. The minimum atomic E-state index is 0.301. The van der Waals surface area contributed by atoms with Gasteiger partial charge in [0.2, 0.25) is 0 Å². The van der Waals surface area contributed by atoms with E-state index < -0.39 is 0 Å². The number of hydrogen-bond acceptors (Lipinski definition) is 6. The highest BCUT2D eigenvalue weighted by molar-refractivity contribution is 4.86. The van der Waals surface area contributed by atoms with E-state index in [0.717, 1.165) is 38.8 Å². The summed E-state index contributed by atoms with van der Waals surface area (Å²) in [5.41, 5.74) is 8.02. The molecular formula is C25H52N4O3. The largest absolute Gasteiger partial charge is 0.380 e. The van der Waals surface area contributed by atoms with Crippen LogP contribution in [0.1, 0.15) is 73.6 Å². The molecule has 0 aromatic carbocycles. The maximum absolute atomic E-state index is 7.29. The lowest BCUT2D eigenvalue weighted by Gasteiger charge is -2.20. The zero-order chi connectivity index (χ0) is 24.3. The van der Waals surface area contributed by atoms with Crippen molar-refractivity contribution in [3.8, 4) is 0 Å². The number of ether oxygens (including phenoxy) is 3. The topological polar surface area (TPSA) is 81.2 Å². The molecule has 0 heterocycles. The third kappa shape index (κ3) is 24.1. The van der Waals surface area contributed by atoms with Crippen LogP contribution in [-0.4, -0.2) is 77.8 Å². The van der Waals surface area contributed by atoms with Gasteiger partial charge >= 0.3 is 0 Å². The number of hydrogen-bond donors (Lipinski definition) is 1. The molecule has 0 unspecified atom stereocenters. The van der Waals surface area contributed by atoms with E-state index in [9.17, 15) is 0 Å². The molecule has 190 valence electrons. The summed E-state index contributed by atoms with van der Waals surface area (Å²) in [6.45, 7) is 20.6. The zero-order valence-electron chi connectivity index (χ0n) is 22.2. The van der Waals surface area contributed by atoms with Gasteiger partial charge in [-0.25, -0.2) is 10.8 Å². The Bertz CT molecular complexity index is 436. The molecule has 0 saturated heterocycles. The smallest absolute Gasteiger partial charge is 0.126 e. The van der Waals surface area contributed by atoms with E-state index in [0.29, 0.717) is 56.8 Å². The molecule has 7 heteroatoms. The Morgan fingerprint density at radius 2 is 1.38 bits per heavy atom. The van der Waals surface area contributed by atoms with Gasteiger partial charge in [-0.15, -0.1) is 0 Å². The standard InChI is InChI=1S/C25H52N4O3/c1-24(2,3)11-8-9-14-29(7)15-19-32-21-20-30-16-10-23(28-26)22-27-13-18-31-17-12-25(4,5)6/h26H,8-22H2,1-7H3. The van der Waals surface area contributed by atoms with Crippen LogP contribution in [0.4, 0.5) is 0 Å². The fourth-order valence-electron chi connectivity index (χ4n) is 2.87. The minimum absolute atomic E-state index is 0.301. The number of nitrogens with one attached hydrogen (secondary N) is 1. The first-order chi connectivity index (χ1) is 15.0. The highest BCUT2D eigenvalue weighted by Gasteiger charge is 2.11. The highest BCUT2D eigenvalue weighted by atomic mass is 16.5. The average molecular weight is 457 g/mol. The summed E-state index contributed by atoms with van der Waals surface area (Å²) < 4.78 is 16.9. The van der Waals surface area contributed by atoms with E-state index in [1.165, 1.54) is 19.3 Å². The van der Waals surface area contributed by atoms with Gasteiger partial charge in [0.05, 0.1) is 26.4 Å². The van der Waals surface area contributed by atoms with Crippen molar-refractivity contribution in [2.75, 3.05) is 72.9 Å². The molecule has 0 saturated carbocycles. The molecule has 0 aromatic rings. The number of rotatable bonds is 21. The van der Waals surface area contributed by atoms with E-state index >= 15 is 0 Å². The fraction of sp³-hybridized carbons (Fsp3) is 0.960. The maximum atomic E-state index is 7.29. The summed E-state index contributed by atoms with van der Waals surface area (Å²) in [7, 11) is 2.15. The van der Waals surface area contributed by atoms with Gasteiger partial charge in [0, 0.05) is 39.3 Å². The predicted molar refractivity (Wildman–Crippen MR) is 132 cm³/mol. The second-order valence-electron chi connectivity index (χ2n) is 11.0. The van der Waals surface area contributed by atoms with E-state index in [2.05, 4.69) is 63.9 Å². The summed E-state index contributed by atoms with van der Waals surface area (Å²) in [6, 6.07) is 0.744. The lowest BCUT2D eigenvalue weighted by molar-refractivity contribution is 0.0404. The number of likely N-dealkylation sites (N-methyl/N-ethyl adjacent to an activating group) is 1. The Kier molecular flexibility index (Phi) is 18.4. The van der Waals surface area contributed by atoms with Crippen LogP contribution in [0, 0.1) is 22.4 Å². The van der Waals surface area contributed by atoms with Crippen LogP contribution in [0.3, 0.4) is 0 Å². The summed E-state index contributed by atoms with van der Waals surface area (Å²) in [6.07, 6.45) is 5.48. The van der Waals surface area contributed by atoms with Crippen molar-refractivity contribution in [2.45, 2.75) is 73.6 Å². The van der Waals surface area contributed by atoms with Gasteiger partial charge in [0.25, 0.3) is 0 Å². The summed E-state index contributed by atoms with van der Waals surface area (Å²) in [5, 5.41) is 7.99. The number of nitrogens with zero attached hydrogens (tertiary/aromatic N) is 3. The molecule has 0 spiro atoms. The van der Waals surface area contributed by atoms with E-state index in [4.69, 9.17) is 19.7 Å². The maximum Gasteiger partial charge on any atom is 0.126 e. The predicted octanol–water partition coefficient (Wildman–Crippen LogP) is 5.18. The van der Waals surface area contributed by atoms with Crippen LogP contribution in [0.2, 0.25) is 0 Å². The zero-order valence-corrected chi connectivity index (χ0v) is 22.2. The first kappa shape index (κ1) is 31.4. The van der Waals surface area contributed by atoms with Gasteiger partial charge in [-0.05, 0) is 43.7 Å². The molecule has 32 heavy (non-hydrogen) atoms. The lowest BCUT2D eigenvalue weighted by Crippen LogP contribution is -2.25. The average Bonchev–Trinajstić information content (AvgIpc) is 2.69. The first-order valence-corrected chi connectivity index (χ1v) is 12.3. The van der Waals surface area contributed by atoms with Gasteiger partial charge in [-0.1, -0.05) is 48.0 Å². The van der Waals surface area contributed by atoms with Crippen molar-refractivity contribution in [1.29, 1.82) is 5.53 Å². The van der Waals surface area contributed by atoms with Crippen molar-refractivity contribution < 1.29 is 14.2 Å². The monoisotopic (exact) mass is 456 g/mol. The quantitative estimate of drug-likeness (QED) is 0.191. The second kappa shape index (κ2) is 18.8. The molecule has 2 radical (unpaired) electrons. The summed E-state index contributed by atoms with van der Waals surface area (Å²) >= 11 is 0. The SMILES string of the molecule is CN(CCCCC(C)(C)C)CCOCCOCC[C](C[N]CCOCCC(C)(C)C)N=N. The van der Waals surface area contributed by atoms with Gasteiger partial charge < -0.3 is 19.1 Å². The van der Waals surface area contributed by atoms with Crippen molar-refractivity contribution in [2.24, 2.45) is 15.9 Å². The molecule has 0 bridgehead atoms. The molecule has 0 amide bonds. The fourth-order valence-corrected chi connectivity index (χ4v) is 2.87. The molecule has 0 aliphatic carbocycles. The number of unbranched alkanes of at least 4 members (excludes halogenated alkanes) is 1. The summed E-state index contributed by atoms with van der Waals surface area (Å²) in [4.78, 5) is 2.33. The molecule has 0 rings (SSSR count). The molecular weight excluding hydrogens is 404 g/mol. The minimum Gasteiger partial charge on any atom is -0.380 e. The van der Waals surface area contributed by atoms with Gasteiger partial charge in [0.1, 0.15) is 6.04 Å². The van der Waals surface area contributed by atoms with Crippen molar-refractivity contribution in [3.63, 3.8) is 0 Å². The lowest BCUT2D eigenvalue weighted by atomic mass is 9.90. The Balaban J connectivity index is 3.47. The van der Waals surface area contributed by atoms with Crippen LogP contribution in [-0.2, 0) is 14.2 Å². The molecule has 0 fully saturated rings. The van der Waals surface area contributed by atoms with Gasteiger partial charge in [-0.3, -0.25) is 0 Å². The molecule has 1 N–H and O–H groups in total. The van der Waals surface area contributed by atoms with E-state index in [-0.39, 0.29) is 0 Å². The van der Waals surface area contributed by atoms with E-state index in [1.807, 2.05) is 0 Å². The Hall–Kier alpha value is -0.600.